The summed E-state index contributed by atoms with van der Waals surface area (Å²) >= 11 is 0. The van der Waals surface area contributed by atoms with Crippen LogP contribution in [0.1, 0.15) is 32.8 Å². The number of aromatic nitrogens is 1. The molecule has 0 unspecified atom stereocenters. The number of rotatable bonds is 8. The van der Waals surface area contributed by atoms with Crippen molar-refractivity contribution < 1.29 is 0 Å². The Morgan fingerprint density at radius 2 is 1.89 bits per heavy atom. The minimum absolute atomic E-state index is 0.708. The first-order chi connectivity index (χ1) is 9.26. The summed E-state index contributed by atoms with van der Waals surface area (Å²) in [6, 6.07) is 4.02. The molecule has 104 valence electrons. The number of anilines is 1. The van der Waals surface area contributed by atoms with Crippen LogP contribution >= 0.6 is 0 Å². The number of hydrogen-bond acceptors (Lipinski definition) is 4. The molecule has 19 heavy (non-hydrogen) atoms. The molecule has 1 aromatic rings. The molecule has 1 rings (SSSR count). The van der Waals surface area contributed by atoms with E-state index in [4.69, 9.17) is 5.26 Å². The smallest absolute Gasteiger partial charge is 0.101 e. The fourth-order valence-electron chi connectivity index (χ4n) is 2.21. The molecule has 0 bridgehead atoms. The van der Waals surface area contributed by atoms with Gasteiger partial charge in [0.05, 0.1) is 17.4 Å². The molecule has 0 aliphatic rings. The number of hydrogen-bond donors (Lipinski definition) is 0. The fraction of sp³-hybridized carbons (Fsp3) is 0.600. The summed E-state index contributed by atoms with van der Waals surface area (Å²) in [7, 11) is 0. The molecule has 0 radical (unpaired) electrons. The van der Waals surface area contributed by atoms with Crippen LogP contribution in [-0.4, -0.2) is 42.6 Å². The Morgan fingerprint density at radius 3 is 2.47 bits per heavy atom. The molecule has 0 N–H and O–H groups in total. The molecular weight excluding hydrogens is 236 g/mol. The van der Waals surface area contributed by atoms with Crippen molar-refractivity contribution in [3.63, 3.8) is 0 Å². The minimum Gasteiger partial charge on any atom is -0.369 e. The first-order valence-electron chi connectivity index (χ1n) is 7.08. The molecular formula is C15H24N4. The Labute approximate surface area is 116 Å². The van der Waals surface area contributed by atoms with Crippen molar-refractivity contribution in [2.24, 2.45) is 0 Å². The fourth-order valence-corrected chi connectivity index (χ4v) is 2.21. The number of pyridine rings is 1. The quantitative estimate of drug-likeness (QED) is 0.720. The van der Waals surface area contributed by atoms with Gasteiger partial charge in [0.2, 0.25) is 0 Å². The van der Waals surface area contributed by atoms with Gasteiger partial charge in [0.15, 0.2) is 0 Å². The highest BCUT2D eigenvalue weighted by atomic mass is 15.1. The zero-order valence-electron chi connectivity index (χ0n) is 12.3. The van der Waals surface area contributed by atoms with Crippen LogP contribution in [0.3, 0.4) is 0 Å². The van der Waals surface area contributed by atoms with E-state index in [0.717, 1.165) is 44.8 Å². The lowest BCUT2D eigenvalue weighted by Crippen LogP contribution is -2.30. The second kappa shape index (κ2) is 8.49. The maximum absolute atomic E-state index is 9.14. The zero-order valence-corrected chi connectivity index (χ0v) is 12.3. The lowest BCUT2D eigenvalue weighted by Gasteiger charge is -2.25. The van der Waals surface area contributed by atoms with Gasteiger partial charge in [-0.3, -0.25) is 4.98 Å². The van der Waals surface area contributed by atoms with E-state index in [9.17, 15) is 0 Å². The van der Waals surface area contributed by atoms with E-state index in [1.807, 2.05) is 0 Å². The second-order valence-corrected chi connectivity index (χ2v) is 4.46. The van der Waals surface area contributed by atoms with Crippen LogP contribution in [0.15, 0.2) is 18.5 Å². The van der Waals surface area contributed by atoms with Gasteiger partial charge in [-0.05, 0) is 39.0 Å². The molecule has 0 atom stereocenters. The molecule has 4 nitrogen and oxygen atoms in total. The van der Waals surface area contributed by atoms with Crippen molar-refractivity contribution in [3.8, 4) is 6.07 Å². The monoisotopic (exact) mass is 260 g/mol. The summed E-state index contributed by atoms with van der Waals surface area (Å²) in [4.78, 5) is 8.78. The highest BCUT2D eigenvalue weighted by Gasteiger charge is 2.10. The first kappa shape index (κ1) is 15.5. The average Bonchev–Trinajstić information content (AvgIpc) is 2.48. The van der Waals surface area contributed by atoms with Gasteiger partial charge in [0, 0.05) is 19.3 Å². The summed E-state index contributed by atoms with van der Waals surface area (Å²) in [5.74, 6) is 0. The third kappa shape index (κ3) is 4.53. The predicted molar refractivity (Wildman–Crippen MR) is 79.2 cm³/mol. The van der Waals surface area contributed by atoms with Crippen molar-refractivity contribution in [1.29, 1.82) is 5.26 Å². The van der Waals surface area contributed by atoms with Crippen LogP contribution in [-0.2, 0) is 0 Å². The van der Waals surface area contributed by atoms with Gasteiger partial charge < -0.3 is 9.80 Å². The van der Waals surface area contributed by atoms with Crippen LogP contribution in [0.25, 0.3) is 0 Å². The van der Waals surface area contributed by atoms with Gasteiger partial charge in [0.25, 0.3) is 0 Å². The molecule has 4 heteroatoms. The molecule has 0 spiro atoms. The molecule has 0 aromatic carbocycles. The van der Waals surface area contributed by atoms with Crippen molar-refractivity contribution in [3.05, 3.63) is 24.0 Å². The molecule has 0 aliphatic carbocycles. The van der Waals surface area contributed by atoms with Gasteiger partial charge in [-0.15, -0.1) is 0 Å². The van der Waals surface area contributed by atoms with Crippen molar-refractivity contribution in [1.82, 2.24) is 9.88 Å². The molecule has 0 saturated heterocycles. The zero-order chi connectivity index (χ0) is 14.1. The van der Waals surface area contributed by atoms with E-state index in [-0.39, 0.29) is 0 Å². The maximum atomic E-state index is 9.14. The predicted octanol–water partition coefficient (Wildman–Crippen LogP) is 2.51. The Bertz CT molecular complexity index is 407. The summed E-state index contributed by atoms with van der Waals surface area (Å²) < 4.78 is 0. The van der Waals surface area contributed by atoms with Gasteiger partial charge >= 0.3 is 0 Å². The van der Waals surface area contributed by atoms with Crippen molar-refractivity contribution in [2.45, 2.75) is 27.2 Å². The van der Waals surface area contributed by atoms with Crippen molar-refractivity contribution in [2.75, 3.05) is 37.6 Å². The Kier molecular flexibility index (Phi) is 6.91. The summed E-state index contributed by atoms with van der Waals surface area (Å²) in [6.07, 6.45) is 4.57. The van der Waals surface area contributed by atoms with E-state index >= 15 is 0 Å². The standard InChI is InChI=1S/C15H24N4/c1-4-18(5-2)10-7-11-19(6-3)15-13-17-9-8-14(15)12-16/h8-9,13H,4-7,10-11H2,1-3H3. The van der Waals surface area contributed by atoms with E-state index in [1.165, 1.54) is 0 Å². The topological polar surface area (TPSA) is 43.2 Å². The molecule has 1 heterocycles. The summed E-state index contributed by atoms with van der Waals surface area (Å²) in [5.41, 5.74) is 1.66. The van der Waals surface area contributed by atoms with Gasteiger partial charge in [-0.1, -0.05) is 13.8 Å². The van der Waals surface area contributed by atoms with Crippen LogP contribution < -0.4 is 4.90 Å². The van der Waals surface area contributed by atoms with Gasteiger partial charge in [0.1, 0.15) is 6.07 Å². The van der Waals surface area contributed by atoms with E-state index < -0.39 is 0 Å². The normalized spacial score (nSPS) is 10.5. The Morgan fingerprint density at radius 1 is 1.16 bits per heavy atom. The average molecular weight is 260 g/mol. The number of nitriles is 1. The SMILES string of the molecule is CCN(CC)CCCN(CC)c1cnccc1C#N. The second-order valence-electron chi connectivity index (χ2n) is 4.46. The van der Waals surface area contributed by atoms with Gasteiger partial charge in [-0.25, -0.2) is 0 Å². The summed E-state index contributed by atoms with van der Waals surface area (Å²) in [5, 5.41) is 9.14. The Balaban J connectivity index is 2.61. The molecule has 0 amide bonds. The van der Waals surface area contributed by atoms with Crippen LogP contribution in [0.4, 0.5) is 5.69 Å². The molecule has 1 aromatic heterocycles. The molecule has 0 fully saturated rings. The lowest BCUT2D eigenvalue weighted by molar-refractivity contribution is 0.301. The number of nitrogens with zero attached hydrogens (tertiary/aromatic N) is 4. The molecule has 0 aliphatic heterocycles. The van der Waals surface area contributed by atoms with E-state index in [2.05, 4.69) is 41.6 Å². The van der Waals surface area contributed by atoms with E-state index in [0.29, 0.717) is 5.56 Å². The van der Waals surface area contributed by atoms with Gasteiger partial charge in [-0.2, -0.15) is 5.26 Å². The van der Waals surface area contributed by atoms with Crippen LogP contribution in [0.2, 0.25) is 0 Å². The van der Waals surface area contributed by atoms with E-state index in [1.54, 1.807) is 18.5 Å². The third-order valence-electron chi connectivity index (χ3n) is 3.44. The summed E-state index contributed by atoms with van der Waals surface area (Å²) in [6.45, 7) is 11.7. The molecule has 0 saturated carbocycles. The van der Waals surface area contributed by atoms with Crippen LogP contribution in [0, 0.1) is 11.3 Å². The van der Waals surface area contributed by atoms with Crippen LogP contribution in [0.5, 0.6) is 0 Å². The minimum atomic E-state index is 0.708. The first-order valence-corrected chi connectivity index (χ1v) is 7.08. The largest absolute Gasteiger partial charge is 0.369 e. The maximum Gasteiger partial charge on any atom is 0.101 e. The third-order valence-corrected chi connectivity index (χ3v) is 3.44. The highest BCUT2D eigenvalue weighted by molar-refractivity contribution is 5.57. The highest BCUT2D eigenvalue weighted by Crippen LogP contribution is 2.18. The Hall–Kier alpha value is -1.60. The lowest BCUT2D eigenvalue weighted by atomic mass is 10.2. The van der Waals surface area contributed by atoms with Crippen molar-refractivity contribution >= 4 is 5.69 Å².